The third-order valence-corrected chi connectivity index (χ3v) is 6.97. The number of amides is 1. The number of anilines is 2. The van der Waals surface area contributed by atoms with Crippen LogP contribution in [-0.2, 0) is 21.2 Å². The molecule has 148 valence electrons. The first kappa shape index (κ1) is 18.8. The summed E-state index contributed by atoms with van der Waals surface area (Å²) in [7, 11) is -2.20. The Morgan fingerprint density at radius 2 is 1.96 bits per heavy atom. The molecule has 0 bridgehead atoms. The van der Waals surface area contributed by atoms with E-state index in [4.69, 9.17) is 4.74 Å². The average Bonchev–Trinajstić information content (AvgIpc) is 2.94. The first-order valence-corrected chi connectivity index (χ1v) is 11.0. The predicted molar refractivity (Wildman–Crippen MR) is 108 cm³/mol. The molecule has 28 heavy (non-hydrogen) atoms. The van der Waals surface area contributed by atoms with E-state index in [1.54, 1.807) is 42.5 Å². The van der Waals surface area contributed by atoms with Gasteiger partial charge in [0.05, 0.1) is 17.7 Å². The number of rotatable bonds is 5. The van der Waals surface area contributed by atoms with E-state index in [1.165, 1.54) is 7.11 Å². The van der Waals surface area contributed by atoms with Gasteiger partial charge >= 0.3 is 0 Å². The molecule has 1 saturated carbocycles. The molecule has 1 aliphatic carbocycles. The number of hydrogen-bond acceptors (Lipinski definition) is 4. The van der Waals surface area contributed by atoms with E-state index in [0.29, 0.717) is 17.9 Å². The Labute approximate surface area is 165 Å². The van der Waals surface area contributed by atoms with Crippen LogP contribution in [-0.4, -0.2) is 27.5 Å². The van der Waals surface area contributed by atoms with Crippen LogP contribution in [0.3, 0.4) is 0 Å². The maximum absolute atomic E-state index is 12.8. The Hall–Kier alpha value is -2.54. The second-order valence-electron chi connectivity index (χ2n) is 7.52. The number of fused-ring (bicyclic) bond motifs is 1. The number of methoxy groups -OCH3 is 1. The molecule has 7 heteroatoms. The van der Waals surface area contributed by atoms with E-state index in [2.05, 4.69) is 4.72 Å². The zero-order valence-electron chi connectivity index (χ0n) is 16.0. The van der Waals surface area contributed by atoms with E-state index in [1.807, 2.05) is 11.8 Å². The molecule has 6 nitrogen and oxygen atoms in total. The Kier molecular flexibility index (Phi) is 4.79. The summed E-state index contributed by atoms with van der Waals surface area (Å²) < 4.78 is 33.4. The standard InChI is InChI=1S/C21H24N2O4S/c1-14-11-16-12-19(9-10-20(16)23(14)21(24)15-5-3-6-15)28(25,26)22-17-7-4-8-18(13-17)27-2/h4,7-10,12-15,22H,3,5-6,11H2,1-2H3. The summed E-state index contributed by atoms with van der Waals surface area (Å²) >= 11 is 0. The van der Waals surface area contributed by atoms with Gasteiger partial charge in [0, 0.05) is 23.7 Å². The first-order chi connectivity index (χ1) is 13.4. The summed E-state index contributed by atoms with van der Waals surface area (Å²) in [6, 6.07) is 11.8. The van der Waals surface area contributed by atoms with Crippen molar-refractivity contribution in [2.45, 2.75) is 43.5 Å². The number of nitrogens with zero attached hydrogens (tertiary/aromatic N) is 1. The highest BCUT2D eigenvalue weighted by atomic mass is 32.2. The normalized spacial score (nSPS) is 19.1. The zero-order valence-corrected chi connectivity index (χ0v) is 16.8. The molecular formula is C21H24N2O4S. The summed E-state index contributed by atoms with van der Waals surface area (Å²) in [5.41, 5.74) is 2.17. The molecular weight excluding hydrogens is 376 g/mol. The lowest BCUT2D eigenvalue weighted by Crippen LogP contribution is -2.42. The van der Waals surface area contributed by atoms with Crippen molar-refractivity contribution in [1.29, 1.82) is 0 Å². The maximum atomic E-state index is 12.8. The Balaban J connectivity index is 1.60. The number of benzene rings is 2. The number of nitrogens with one attached hydrogen (secondary N) is 1. The molecule has 0 saturated heterocycles. The average molecular weight is 401 g/mol. The maximum Gasteiger partial charge on any atom is 0.261 e. The van der Waals surface area contributed by atoms with Crippen LogP contribution >= 0.6 is 0 Å². The summed E-state index contributed by atoms with van der Waals surface area (Å²) in [4.78, 5) is 14.8. The second kappa shape index (κ2) is 7.13. The van der Waals surface area contributed by atoms with E-state index < -0.39 is 10.0 Å². The number of hydrogen-bond donors (Lipinski definition) is 1. The second-order valence-corrected chi connectivity index (χ2v) is 9.20. The smallest absolute Gasteiger partial charge is 0.261 e. The van der Waals surface area contributed by atoms with Gasteiger partial charge in [-0.1, -0.05) is 12.5 Å². The zero-order chi connectivity index (χ0) is 19.9. The number of sulfonamides is 1. The van der Waals surface area contributed by atoms with Crippen LogP contribution in [0.2, 0.25) is 0 Å². The van der Waals surface area contributed by atoms with Gasteiger partial charge in [-0.25, -0.2) is 8.42 Å². The largest absolute Gasteiger partial charge is 0.497 e. The molecule has 4 rings (SSSR count). The minimum absolute atomic E-state index is 0.0485. The molecule has 2 aliphatic rings. The van der Waals surface area contributed by atoms with Crippen LogP contribution in [0.1, 0.15) is 31.7 Å². The fourth-order valence-corrected chi connectivity index (χ4v) is 4.96. The molecule has 2 aromatic carbocycles. The third-order valence-electron chi connectivity index (χ3n) is 5.59. The van der Waals surface area contributed by atoms with Crippen molar-refractivity contribution < 1.29 is 17.9 Å². The fourth-order valence-electron chi connectivity index (χ4n) is 3.86. The molecule has 1 aliphatic heterocycles. The molecule has 1 unspecified atom stereocenters. The van der Waals surface area contributed by atoms with Crippen molar-refractivity contribution in [2.75, 3.05) is 16.7 Å². The molecule has 0 spiro atoms. The Bertz CT molecular complexity index is 1010. The summed E-state index contributed by atoms with van der Waals surface area (Å²) in [6.45, 7) is 2.01. The molecule has 1 amide bonds. The first-order valence-electron chi connectivity index (χ1n) is 9.52. The summed E-state index contributed by atoms with van der Waals surface area (Å²) in [5, 5.41) is 0. The van der Waals surface area contributed by atoms with Crippen molar-refractivity contribution in [3.8, 4) is 5.75 Å². The Morgan fingerprint density at radius 1 is 1.18 bits per heavy atom. The highest BCUT2D eigenvalue weighted by Gasteiger charge is 2.37. The van der Waals surface area contributed by atoms with E-state index in [-0.39, 0.29) is 22.8 Å². The number of carbonyl (C=O) groups excluding carboxylic acids is 1. The van der Waals surface area contributed by atoms with Crippen molar-refractivity contribution in [3.63, 3.8) is 0 Å². The minimum Gasteiger partial charge on any atom is -0.497 e. The minimum atomic E-state index is -3.73. The van der Waals surface area contributed by atoms with Gasteiger partial charge in [-0.2, -0.15) is 0 Å². The van der Waals surface area contributed by atoms with Crippen molar-refractivity contribution >= 4 is 27.3 Å². The highest BCUT2D eigenvalue weighted by molar-refractivity contribution is 7.92. The van der Waals surface area contributed by atoms with Gasteiger partial charge in [0.25, 0.3) is 10.0 Å². The van der Waals surface area contributed by atoms with Crippen LogP contribution in [0.25, 0.3) is 0 Å². The van der Waals surface area contributed by atoms with Gasteiger partial charge in [0.1, 0.15) is 5.75 Å². The van der Waals surface area contributed by atoms with Gasteiger partial charge < -0.3 is 9.64 Å². The lowest BCUT2D eigenvalue weighted by Gasteiger charge is -2.32. The fraction of sp³-hybridized carbons (Fsp3) is 0.381. The highest BCUT2D eigenvalue weighted by Crippen LogP contribution is 2.38. The van der Waals surface area contributed by atoms with Crippen molar-refractivity contribution in [2.24, 2.45) is 5.92 Å². The SMILES string of the molecule is COc1cccc(NS(=O)(=O)c2ccc3c(c2)CC(C)N3C(=O)C2CCC2)c1. The van der Waals surface area contributed by atoms with Crippen molar-refractivity contribution in [1.82, 2.24) is 0 Å². The third kappa shape index (κ3) is 3.35. The van der Waals surface area contributed by atoms with Gasteiger partial charge in [0.15, 0.2) is 0 Å². The van der Waals surface area contributed by atoms with Crippen LogP contribution in [0, 0.1) is 5.92 Å². The van der Waals surface area contributed by atoms with Crippen LogP contribution < -0.4 is 14.4 Å². The number of ether oxygens (including phenoxy) is 1. The predicted octanol–water partition coefficient (Wildman–Crippen LogP) is 3.57. The molecule has 0 aromatic heterocycles. The van der Waals surface area contributed by atoms with E-state index in [0.717, 1.165) is 30.5 Å². The van der Waals surface area contributed by atoms with Crippen LogP contribution in [0.4, 0.5) is 11.4 Å². The topological polar surface area (TPSA) is 75.7 Å². The van der Waals surface area contributed by atoms with Gasteiger partial charge in [-0.15, -0.1) is 0 Å². The monoisotopic (exact) mass is 400 g/mol. The molecule has 1 N–H and O–H groups in total. The molecule has 0 radical (unpaired) electrons. The van der Waals surface area contributed by atoms with Gasteiger partial charge in [-0.05, 0) is 62.1 Å². The van der Waals surface area contributed by atoms with Gasteiger partial charge in [0.2, 0.25) is 5.91 Å². The molecule has 1 heterocycles. The van der Waals surface area contributed by atoms with E-state index in [9.17, 15) is 13.2 Å². The molecule has 2 aromatic rings. The van der Waals surface area contributed by atoms with Gasteiger partial charge in [-0.3, -0.25) is 9.52 Å². The quantitative estimate of drug-likeness (QED) is 0.832. The molecule has 1 atom stereocenters. The van der Waals surface area contributed by atoms with Crippen molar-refractivity contribution in [3.05, 3.63) is 48.0 Å². The number of carbonyl (C=O) groups is 1. The lowest BCUT2D eigenvalue weighted by atomic mass is 9.84. The lowest BCUT2D eigenvalue weighted by molar-refractivity contribution is -0.125. The van der Waals surface area contributed by atoms with Crippen LogP contribution in [0.5, 0.6) is 5.75 Å². The molecule has 1 fully saturated rings. The van der Waals surface area contributed by atoms with E-state index >= 15 is 0 Å². The van der Waals surface area contributed by atoms with Crippen LogP contribution in [0.15, 0.2) is 47.4 Å². The Morgan fingerprint density at radius 3 is 2.64 bits per heavy atom. The summed E-state index contributed by atoms with van der Waals surface area (Å²) in [6.07, 6.45) is 3.68. The summed E-state index contributed by atoms with van der Waals surface area (Å²) in [5.74, 6) is 0.863.